The van der Waals surface area contributed by atoms with E-state index in [0.717, 1.165) is 26.1 Å². The average Bonchev–Trinajstić information content (AvgIpc) is 2.02. The molecule has 0 aliphatic carbocycles. The molecule has 14 heavy (non-hydrogen) atoms. The molecular formula is C12H26O2. The van der Waals surface area contributed by atoms with E-state index in [0.29, 0.717) is 11.8 Å². The van der Waals surface area contributed by atoms with Gasteiger partial charge < -0.3 is 9.47 Å². The zero-order valence-corrected chi connectivity index (χ0v) is 10.4. The molecule has 0 radical (unpaired) electrons. The fourth-order valence-corrected chi connectivity index (χ4v) is 1.19. The summed E-state index contributed by atoms with van der Waals surface area (Å²) < 4.78 is 11.2. The third kappa shape index (κ3) is 8.52. The monoisotopic (exact) mass is 202 g/mol. The SMILES string of the molecule is CCOC(CC(C)C)OCCC(C)C. The minimum atomic E-state index is -0.00116. The number of hydrogen-bond acceptors (Lipinski definition) is 2. The zero-order valence-electron chi connectivity index (χ0n) is 10.4. The summed E-state index contributed by atoms with van der Waals surface area (Å²) in [4.78, 5) is 0. The van der Waals surface area contributed by atoms with Crippen LogP contribution in [0.2, 0.25) is 0 Å². The Labute approximate surface area is 89.0 Å². The van der Waals surface area contributed by atoms with Crippen molar-refractivity contribution in [2.75, 3.05) is 13.2 Å². The van der Waals surface area contributed by atoms with Crippen molar-refractivity contribution < 1.29 is 9.47 Å². The molecule has 0 saturated carbocycles. The highest BCUT2D eigenvalue weighted by Gasteiger charge is 2.10. The van der Waals surface area contributed by atoms with E-state index >= 15 is 0 Å². The topological polar surface area (TPSA) is 18.5 Å². The van der Waals surface area contributed by atoms with Crippen molar-refractivity contribution in [3.63, 3.8) is 0 Å². The second-order valence-corrected chi connectivity index (χ2v) is 4.57. The van der Waals surface area contributed by atoms with E-state index in [4.69, 9.17) is 9.47 Å². The van der Waals surface area contributed by atoms with Crippen molar-refractivity contribution in [1.82, 2.24) is 0 Å². The molecule has 1 unspecified atom stereocenters. The van der Waals surface area contributed by atoms with Crippen LogP contribution < -0.4 is 0 Å². The van der Waals surface area contributed by atoms with Gasteiger partial charge in [0.25, 0.3) is 0 Å². The van der Waals surface area contributed by atoms with Gasteiger partial charge in [0.1, 0.15) is 0 Å². The molecule has 0 aromatic rings. The van der Waals surface area contributed by atoms with E-state index in [1.165, 1.54) is 0 Å². The van der Waals surface area contributed by atoms with Crippen LogP contribution in [0.15, 0.2) is 0 Å². The number of ether oxygens (including phenoxy) is 2. The molecule has 0 bridgehead atoms. The van der Waals surface area contributed by atoms with Crippen molar-refractivity contribution in [2.24, 2.45) is 11.8 Å². The van der Waals surface area contributed by atoms with Crippen LogP contribution in [0.1, 0.15) is 47.5 Å². The Morgan fingerprint density at radius 3 is 2.00 bits per heavy atom. The van der Waals surface area contributed by atoms with Crippen LogP contribution in [0.5, 0.6) is 0 Å². The Morgan fingerprint density at radius 2 is 1.57 bits per heavy atom. The average molecular weight is 202 g/mol. The van der Waals surface area contributed by atoms with Crippen molar-refractivity contribution in [3.8, 4) is 0 Å². The third-order valence-corrected chi connectivity index (χ3v) is 2.02. The molecule has 0 amide bonds. The molecule has 0 aliphatic rings. The molecule has 1 atom stereocenters. The predicted molar refractivity (Wildman–Crippen MR) is 60.3 cm³/mol. The van der Waals surface area contributed by atoms with Gasteiger partial charge in [-0.25, -0.2) is 0 Å². The Kier molecular flexibility index (Phi) is 8.20. The highest BCUT2D eigenvalue weighted by Crippen LogP contribution is 2.11. The van der Waals surface area contributed by atoms with Gasteiger partial charge in [-0.05, 0) is 25.2 Å². The standard InChI is InChI=1S/C12H26O2/c1-6-13-12(9-11(4)5)14-8-7-10(2)3/h10-12H,6-9H2,1-5H3. The molecule has 0 aromatic carbocycles. The highest BCUT2D eigenvalue weighted by molar-refractivity contribution is 4.51. The lowest BCUT2D eigenvalue weighted by molar-refractivity contribution is -0.149. The van der Waals surface area contributed by atoms with E-state index in [1.807, 2.05) is 6.92 Å². The summed E-state index contributed by atoms with van der Waals surface area (Å²) in [5.41, 5.74) is 0. The minimum absolute atomic E-state index is 0.00116. The van der Waals surface area contributed by atoms with E-state index in [2.05, 4.69) is 27.7 Å². The van der Waals surface area contributed by atoms with Crippen molar-refractivity contribution in [1.29, 1.82) is 0 Å². The first kappa shape index (κ1) is 13.9. The maximum Gasteiger partial charge on any atom is 0.157 e. The van der Waals surface area contributed by atoms with Gasteiger partial charge in [-0.1, -0.05) is 27.7 Å². The summed E-state index contributed by atoms with van der Waals surface area (Å²) in [5, 5.41) is 0. The fourth-order valence-electron chi connectivity index (χ4n) is 1.19. The molecule has 0 spiro atoms. The van der Waals surface area contributed by atoms with Crippen LogP contribution in [-0.4, -0.2) is 19.5 Å². The van der Waals surface area contributed by atoms with Crippen LogP contribution in [0.4, 0.5) is 0 Å². The van der Waals surface area contributed by atoms with Gasteiger partial charge in [0.15, 0.2) is 6.29 Å². The summed E-state index contributed by atoms with van der Waals surface area (Å²) in [6.45, 7) is 12.4. The van der Waals surface area contributed by atoms with Crippen LogP contribution in [0.25, 0.3) is 0 Å². The highest BCUT2D eigenvalue weighted by atomic mass is 16.7. The van der Waals surface area contributed by atoms with E-state index in [9.17, 15) is 0 Å². The number of rotatable bonds is 8. The zero-order chi connectivity index (χ0) is 11.0. The van der Waals surface area contributed by atoms with Gasteiger partial charge in [0.2, 0.25) is 0 Å². The first-order chi connectivity index (χ1) is 6.56. The second-order valence-electron chi connectivity index (χ2n) is 4.57. The van der Waals surface area contributed by atoms with Gasteiger partial charge in [-0.15, -0.1) is 0 Å². The Hall–Kier alpha value is -0.0800. The molecule has 0 N–H and O–H groups in total. The van der Waals surface area contributed by atoms with Gasteiger partial charge in [0.05, 0.1) is 0 Å². The quantitative estimate of drug-likeness (QED) is 0.561. The maximum absolute atomic E-state index is 5.68. The summed E-state index contributed by atoms with van der Waals surface area (Å²) in [5.74, 6) is 1.34. The molecule has 0 aromatic heterocycles. The molecule has 0 rings (SSSR count). The maximum atomic E-state index is 5.68. The van der Waals surface area contributed by atoms with E-state index in [-0.39, 0.29) is 6.29 Å². The predicted octanol–water partition coefficient (Wildman–Crippen LogP) is 3.46. The molecule has 2 heteroatoms. The van der Waals surface area contributed by atoms with Crippen LogP contribution in [0, 0.1) is 11.8 Å². The van der Waals surface area contributed by atoms with Crippen molar-refractivity contribution >= 4 is 0 Å². The molecule has 2 nitrogen and oxygen atoms in total. The minimum Gasteiger partial charge on any atom is -0.353 e. The van der Waals surface area contributed by atoms with Crippen LogP contribution in [-0.2, 0) is 9.47 Å². The van der Waals surface area contributed by atoms with Crippen LogP contribution >= 0.6 is 0 Å². The first-order valence-electron chi connectivity index (χ1n) is 5.79. The van der Waals surface area contributed by atoms with E-state index in [1.54, 1.807) is 0 Å². The van der Waals surface area contributed by atoms with Crippen LogP contribution in [0.3, 0.4) is 0 Å². The fraction of sp³-hybridized carbons (Fsp3) is 1.00. The number of hydrogen-bond donors (Lipinski definition) is 0. The molecule has 0 heterocycles. The second kappa shape index (κ2) is 8.25. The largest absolute Gasteiger partial charge is 0.353 e. The third-order valence-electron chi connectivity index (χ3n) is 2.02. The van der Waals surface area contributed by atoms with Gasteiger partial charge in [0, 0.05) is 19.6 Å². The summed E-state index contributed by atoms with van der Waals surface area (Å²) in [6, 6.07) is 0. The van der Waals surface area contributed by atoms with Crippen molar-refractivity contribution in [2.45, 2.75) is 53.8 Å². The van der Waals surface area contributed by atoms with Gasteiger partial charge >= 0.3 is 0 Å². The summed E-state index contributed by atoms with van der Waals surface area (Å²) in [6.07, 6.45) is 2.10. The lowest BCUT2D eigenvalue weighted by atomic mass is 10.1. The Bertz CT molecular complexity index is 121. The Morgan fingerprint density at radius 1 is 0.929 bits per heavy atom. The van der Waals surface area contributed by atoms with Crippen molar-refractivity contribution in [3.05, 3.63) is 0 Å². The lowest BCUT2D eigenvalue weighted by Gasteiger charge is -2.20. The van der Waals surface area contributed by atoms with Gasteiger partial charge in [-0.3, -0.25) is 0 Å². The molecule has 86 valence electrons. The Balaban J connectivity index is 3.61. The summed E-state index contributed by atoms with van der Waals surface area (Å²) >= 11 is 0. The smallest absolute Gasteiger partial charge is 0.157 e. The van der Waals surface area contributed by atoms with E-state index < -0.39 is 0 Å². The normalized spacial score (nSPS) is 13.9. The van der Waals surface area contributed by atoms with Gasteiger partial charge in [-0.2, -0.15) is 0 Å². The molecule has 0 aliphatic heterocycles. The molecule has 0 fully saturated rings. The molecule has 0 saturated heterocycles. The lowest BCUT2D eigenvalue weighted by Crippen LogP contribution is -2.20. The summed E-state index contributed by atoms with van der Waals surface area (Å²) in [7, 11) is 0. The molecular weight excluding hydrogens is 176 g/mol. The first-order valence-corrected chi connectivity index (χ1v) is 5.79.